The molecule has 2 rings (SSSR count). The zero-order valence-corrected chi connectivity index (χ0v) is 14.3. The van der Waals surface area contributed by atoms with Crippen molar-refractivity contribution >= 4 is 44.4 Å². The molecule has 0 saturated heterocycles. The molecule has 0 spiro atoms. The van der Waals surface area contributed by atoms with Crippen LogP contribution in [-0.2, 0) is 10.0 Å². The van der Waals surface area contributed by atoms with Crippen LogP contribution in [0.1, 0.15) is 0 Å². The number of benzene rings is 1. The van der Waals surface area contributed by atoms with Crippen LogP contribution in [0.5, 0.6) is 0 Å². The van der Waals surface area contributed by atoms with E-state index in [-0.39, 0.29) is 0 Å². The molecular formula is C13H15N3O2S3. The monoisotopic (exact) mass is 341 g/mol. The first-order valence-corrected chi connectivity index (χ1v) is 9.15. The van der Waals surface area contributed by atoms with Crippen molar-refractivity contribution < 1.29 is 8.42 Å². The van der Waals surface area contributed by atoms with Crippen molar-refractivity contribution in [3.05, 3.63) is 34.3 Å². The van der Waals surface area contributed by atoms with Gasteiger partial charge in [0.2, 0.25) is 10.0 Å². The summed E-state index contributed by atoms with van der Waals surface area (Å²) in [6, 6.07) is 9.51. The molecule has 0 fully saturated rings. The average Bonchev–Trinajstić information content (AvgIpc) is 2.37. The highest BCUT2D eigenvalue weighted by Crippen LogP contribution is 2.38. The van der Waals surface area contributed by atoms with E-state index in [1.54, 1.807) is 0 Å². The fourth-order valence-corrected chi connectivity index (χ4v) is 3.85. The van der Waals surface area contributed by atoms with Gasteiger partial charge >= 0.3 is 0 Å². The molecule has 0 bridgehead atoms. The molecule has 5 nitrogen and oxygen atoms in total. The molecule has 1 aromatic carbocycles. The number of rotatable bonds is 4. The van der Waals surface area contributed by atoms with Gasteiger partial charge in [-0.15, -0.1) is 0 Å². The number of hydrogen-bond acceptors (Lipinski definition) is 6. The Bertz CT molecular complexity index is 799. The van der Waals surface area contributed by atoms with Crippen LogP contribution in [-0.4, -0.2) is 33.8 Å². The Labute approximate surface area is 133 Å². The Hall–Kier alpha value is -1.51. The fourth-order valence-electron chi connectivity index (χ4n) is 1.83. The summed E-state index contributed by atoms with van der Waals surface area (Å²) in [5.74, 6) is 0.635. The molecule has 0 saturated carbocycles. The lowest BCUT2D eigenvalue weighted by atomic mass is 10.1. The van der Waals surface area contributed by atoms with Gasteiger partial charge in [-0.25, -0.2) is 13.4 Å². The quantitative estimate of drug-likeness (QED) is 0.866. The van der Waals surface area contributed by atoms with Crippen LogP contribution in [0, 0.1) is 3.95 Å². The Morgan fingerprint density at radius 1 is 1.24 bits per heavy atom. The SMILES string of the molecule is CN(C)c1nc(=S)sc(NS(C)(=O)=O)c1-c1ccccc1. The number of anilines is 2. The minimum absolute atomic E-state index is 0.379. The summed E-state index contributed by atoms with van der Waals surface area (Å²) in [6.07, 6.45) is 1.12. The number of sulfonamides is 1. The first kappa shape index (κ1) is 15.9. The molecule has 0 unspecified atom stereocenters. The number of nitrogens with one attached hydrogen (secondary N) is 1. The summed E-state index contributed by atoms with van der Waals surface area (Å²) in [7, 11) is 0.292. The minimum Gasteiger partial charge on any atom is -0.362 e. The Morgan fingerprint density at radius 2 is 1.86 bits per heavy atom. The Balaban J connectivity index is 2.77. The largest absolute Gasteiger partial charge is 0.362 e. The van der Waals surface area contributed by atoms with Gasteiger partial charge in [-0.1, -0.05) is 41.7 Å². The molecule has 1 N–H and O–H groups in total. The van der Waals surface area contributed by atoms with Crippen LogP contribution in [0.2, 0.25) is 0 Å². The van der Waals surface area contributed by atoms with E-state index < -0.39 is 10.0 Å². The summed E-state index contributed by atoms with van der Waals surface area (Å²) in [4.78, 5) is 6.18. The zero-order chi connectivity index (χ0) is 15.6. The second-order valence-corrected chi connectivity index (χ2v) is 8.03. The predicted octanol–water partition coefficient (Wildman–Crippen LogP) is 2.98. The van der Waals surface area contributed by atoms with Gasteiger partial charge < -0.3 is 4.90 Å². The van der Waals surface area contributed by atoms with E-state index in [0.29, 0.717) is 14.8 Å². The smallest absolute Gasteiger partial charge is 0.230 e. The molecule has 8 heteroatoms. The lowest BCUT2D eigenvalue weighted by Crippen LogP contribution is -2.15. The van der Waals surface area contributed by atoms with Gasteiger partial charge in [0.05, 0.1) is 11.8 Å². The highest BCUT2D eigenvalue weighted by Gasteiger charge is 2.17. The molecule has 1 aromatic heterocycles. The predicted molar refractivity (Wildman–Crippen MR) is 91.2 cm³/mol. The first-order valence-electron chi connectivity index (χ1n) is 6.03. The summed E-state index contributed by atoms with van der Waals surface area (Å²) < 4.78 is 26.1. The van der Waals surface area contributed by atoms with E-state index in [0.717, 1.165) is 28.7 Å². The molecule has 0 amide bonds. The second-order valence-electron chi connectivity index (χ2n) is 4.64. The van der Waals surface area contributed by atoms with E-state index in [1.165, 1.54) is 0 Å². The summed E-state index contributed by atoms with van der Waals surface area (Å²) >= 11 is 6.29. The number of hydrogen-bond donors (Lipinski definition) is 1. The fraction of sp³-hybridized carbons (Fsp3) is 0.231. The van der Waals surface area contributed by atoms with Crippen molar-refractivity contribution in [1.29, 1.82) is 0 Å². The van der Waals surface area contributed by atoms with Crippen LogP contribution < -0.4 is 9.62 Å². The minimum atomic E-state index is -3.40. The van der Waals surface area contributed by atoms with Crippen molar-refractivity contribution in [3.63, 3.8) is 0 Å². The van der Waals surface area contributed by atoms with Crippen LogP contribution in [0.25, 0.3) is 11.1 Å². The molecule has 0 radical (unpaired) electrons. The van der Waals surface area contributed by atoms with Crippen LogP contribution >= 0.6 is 23.6 Å². The van der Waals surface area contributed by atoms with Crippen molar-refractivity contribution in [3.8, 4) is 11.1 Å². The number of nitrogens with zero attached hydrogens (tertiary/aromatic N) is 2. The van der Waals surface area contributed by atoms with E-state index in [4.69, 9.17) is 12.2 Å². The Morgan fingerprint density at radius 3 is 2.38 bits per heavy atom. The van der Waals surface area contributed by atoms with Crippen molar-refractivity contribution in [2.75, 3.05) is 30.0 Å². The maximum Gasteiger partial charge on any atom is 0.230 e. The average molecular weight is 341 g/mol. The highest BCUT2D eigenvalue weighted by molar-refractivity contribution is 7.92. The molecule has 2 aromatic rings. The summed E-state index contributed by atoms with van der Waals surface area (Å²) in [5.41, 5.74) is 1.61. The molecule has 0 aliphatic rings. The van der Waals surface area contributed by atoms with Gasteiger partial charge in [0, 0.05) is 14.1 Å². The summed E-state index contributed by atoms with van der Waals surface area (Å²) in [6.45, 7) is 0. The van der Waals surface area contributed by atoms with E-state index in [1.807, 2.05) is 49.3 Å². The third kappa shape index (κ3) is 3.99. The topological polar surface area (TPSA) is 62.3 Å². The number of aromatic nitrogens is 1. The van der Waals surface area contributed by atoms with E-state index >= 15 is 0 Å². The molecule has 0 aliphatic heterocycles. The second kappa shape index (κ2) is 6.08. The van der Waals surface area contributed by atoms with Crippen LogP contribution in [0.3, 0.4) is 0 Å². The third-order valence-electron chi connectivity index (χ3n) is 2.60. The first-order chi connectivity index (χ1) is 9.78. The van der Waals surface area contributed by atoms with Crippen LogP contribution in [0.4, 0.5) is 10.8 Å². The molecule has 0 atom stereocenters. The van der Waals surface area contributed by atoms with Crippen molar-refractivity contribution in [2.45, 2.75) is 0 Å². The summed E-state index contributed by atoms with van der Waals surface area (Å²) in [5, 5.41) is 0.479. The standard InChI is InChI=1S/C13H15N3O2S3/c1-16(2)11-10(9-7-5-4-6-8-9)12(15-21(3,17)18)20-13(19)14-11/h4-8,15H,1-3H3. The van der Waals surface area contributed by atoms with Gasteiger partial charge in [0.1, 0.15) is 10.8 Å². The maximum atomic E-state index is 11.6. The maximum absolute atomic E-state index is 11.6. The molecular weight excluding hydrogens is 326 g/mol. The normalized spacial score (nSPS) is 11.2. The van der Waals surface area contributed by atoms with Gasteiger partial charge in [0.25, 0.3) is 0 Å². The molecule has 1 heterocycles. The third-order valence-corrected chi connectivity index (χ3v) is 4.42. The van der Waals surface area contributed by atoms with Crippen molar-refractivity contribution in [2.24, 2.45) is 0 Å². The molecule has 0 aliphatic carbocycles. The van der Waals surface area contributed by atoms with Crippen molar-refractivity contribution in [1.82, 2.24) is 4.98 Å². The van der Waals surface area contributed by atoms with E-state index in [9.17, 15) is 8.42 Å². The zero-order valence-electron chi connectivity index (χ0n) is 11.8. The lowest BCUT2D eigenvalue weighted by molar-refractivity contribution is 0.607. The molecule has 112 valence electrons. The van der Waals surface area contributed by atoms with Gasteiger partial charge in [0.15, 0.2) is 3.95 Å². The van der Waals surface area contributed by atoms with Crippen LogP contribution in [0.15, 0.2) is 30.3 Å². The highest BCUT2D eigenvalue weighted by atomic mass is 32.2. The van der Waals surface area contributed by atoms with Gasteiger partial charge in [-0.3, -0.25) is 4.72 Å². The van der Waals surface area contributed by atoms with Gasteiger partial charge in [-0.2, -0.15) is 0 Å². The van der Waals surface area contributed by atoms with E-state index in [2.05, 4.69) is 9.71 Å². The Kier molecular flexibility index (Phi) is 4.60. The lowest BCUT2D eigenvalue weighted by Gasteiger charge is -2.19. The molecule has 21 heavy (non-hydrogen) atoms. The van der Waals surface area contributed by atoms with Gasteiger partial charge in [-0.05, 0) is 17.8 Å².